The molecule has 0 saturated carbocycles. The lowest BCUT2D eigenvalue weighted by Gasteiger charge is -2.20. The molecule has 0 heterocycles. The minimum absolute atomic E-state index is 0.188. The first kappa shape index (κ1) is 21.3. The van der Waals surface area contributed by atoms with Crippen LogP contribution < -0.4 is 10.1 Å². The number of nitrogens with zero attached hydrogens (tertiary/aromatic N) is 1. The van der Waals surface area contributed by atoms with E-state index in [4.69, 9.17) is 4.74 Å². The summed E-state index contributed by atoms with van der Waals surface area (Å²) < 4.78 is 42.8. The number of nitrogens with one attached hydrogen (secondary N) is 1. The monoisotopic (exact) mass is 394 g/mol. The number of methoxy groups -OCH3 is 1. The molecule has 0 unspecified atom stereocenters. The third-order valence-corrected chi connectivity index (χ3v) is 4.11. The molecule has 0 radical (unpaired) electrons. The highest BCUT2D eigenvalue weighted by Crippen LogP contribution is 2.29. The number of hydrogen-bond donors (Lipinski definition) is 1. The van der Waals surface area contributed by atoms with Crippen LogP contribution in [0.4, 0.5) is 18.9 Å². The lowest BCUT2D eigenvalue weighted by atomic mass is 10.1. The van der Waals surface area contributed by atoms with Crippen LogP contribution in [0.5, 0.6) is 5.75 Å². The Bertz CT molecular complexity index is 803. The van der Waals surface area contributed by atoms with Gasteiger partial charge in [-0.3, -0.25) is 9.59 Å². The SMILES string of the molecule is COc1ccc(CCN(CC(=O)Nc2ccc(C(F)(F)F)cc2)C(C)=O)cc1. The number of carbonyl (C=O) groups is 2. The van der Waals surface area contributed by atoms with Crippen LogP contribution in [0.2, 0.25) is 0 Å². The van der Waals surface area contributed by atoms with Gasteiger partial charge in [-0.05, 0) is 48.4 Å². The molecule has 0 spiro atoms. The lowest BCUT2D eigenvalue weighted by molar-refractivity contribution is -0.137. The Morgan fingerprint density at radius 1 is 1.04 bits per heavy atom. The van der Waals surface area contributed by atoms with Crippen molar-refractivity contribution in [3.63, 3.8) is 0 Å². The number of carbonyl (C=O) groups excluding carboxylic acids is 2. The third kappa shape index (κ3) is 6.29. The molecule has 2 amide bonds. The van der Waals surface area contributed by atoms with Gasteiger partial charge in [0.2, 0.25) is 11.8 Å². The van der Waals surface area contributed by atoms with Gasteiger partial charge in [0.1, 0.15) is 5.75 Å². The van der Waals surface area contributed by atoms with Crippen LogP contribution in [0.3, 0.4) is 0 Å². The number of benzene rings is 2. The van der Waals surface area contributed by atoms with Crippen molar-refractivity contribution < 1.29 is 27.5 Å². The largest absolute Gasteiger partial charge is 0.497 e. The maximum absolute atomic E-state index is 12.6. The molecule has 150 valence electrons. The summed E-state index contributed by atoms with van der Waals surface area (Å²) in [6.07, 6.45) is -3.88. The van der Waals surface area contributed by atoms with Gasteiger partial charge in [-0.1, -0.05) is 12.1 Å². The molecular weight excluding hydrogens is 373 g/mol. The molecule has 0 aliphatic heterocycles. The van der Waals surface area contributed by atoms with Gasteiger partial charge in [0.25, 0.3) is 0 Å². The van der Waals surface area contributed by atoms with Gasteiger partial charge in [0.15, 0.2) is 0 Å². The van der Waals surface area contributed by atoms with Crippen LogP contribution in [-0.2, 0) is 22.2 Å². The number of alkyl halides is 3. The maximum atomic E-state index is 12.6. The Hall–Kier alpha value is -3.03. The first-order chi connectivity index (χ1) is 13.2. The summed E-state index contributed by atoms with van der Waals surface area (Å²) in [5.74, 6) is -0.0242. The number of ether oxygens (including phenoxy) is 1. The van der Waals surface area contributed by atoms with Crippen LogP contribution in [-0.4, -0.2) is 36.9 Å². The summed E-state index contributed by atoms with van der Waals surface area (Å²) in [4.78, 5) is 25.3. The number of anilines is 1. The number of amides is 2. The van der Waals surface area contributed by atoms with Gasteiger partial charge in [0.05, 0.1) is 19.2 Å². The summed E-state index contributed by atoms with van der Waals surface area (Å²) in [5, 5.41) is 2.50. The average molecular weight is 394 g/mol. The van der Waals surface area contributed by atoms with Gasteiger partial charge in [0, 0.05) is 19.2 Å². The molecule has 0 aliphatic carbocycles. The number of hydrogen-bond acceptors (Lipinski definition) is 3. The van der Waals surface area contributed by atoms with Crippen molar-refractivity contribution in [2.75, 3.05) is 25.5 Å². The van der Waals surface area contributed by atoms with E-state index in [1.54, 1.807) is 7.11 Å². The van der Waals surface area contributed by atoms with Gasteiger partial charge < -0.3 is 15.0 Å². The second-order valence-corrected chi connectivity index (χ2v) is 6.16. The molecule has 0 aromatic heterocycles. The van der Waals surface area contributed by atoms with Crippen LogP contribution >= 0.6 is 0 Å². The van der Waals surface area contributed by atoms with Crippen LogP contribution in [0.25, 0.3) is 0 Å². The lowest BCUT2D eigenvalue weighted by Crippen LogP contribution is -2.38. The standard InChI is InChI=1S/C20H21F3N2O3/c1-14(26)25(12-11-15-3-9-18(28-2)10-4-15)13-19(27)24-17-7-5-16(6-8-17)20(21,22)23/h3-10H,11-13H2,1-2H3,(H,24,27). The number of rotatable bonds is 7. The third-order valence-electron chi connectivity index (χ3n) is 4.11. The van der Waals surface area contributed by atoms with Crippen LogP contribution in [0.15, 0.2) is 48.5 Å². The van der Waals surface area contributed by atoms with Crippen molar-refractivity contribution in [1.29, 1.82) is 0 Å². The molecule has 0 aliphatic rings. The molecule has 2 rings (SSSR count). The van der Waals surface area contributed by atoms with Crippen LogP contribution in [0.1, 0.15) is 18.1 Å². The Morgan fingerprint density at radius 2 is 1.64 bits per heavy atom. The predicted octanol–water partition coefficient (Wildman–Crippen LogP) is 3.74. The first-order valence-corrected chi connectivity index (χ1v) is 8.54. The van der Waals surface area contributed by atoms with E-state index in [1.165, 1.54) is 24.0 Å². The zero-order valence-corrected chi connectivity index (χ0v) is 15.5. The Balaban J connectivity index is 1.91. The fourth-order valence-electron chi connectivity index (χ4n) is 2.52. The van der Waals surface area contributed by atoms with Gasteiger partial charge in [-0.25, -0.2) is 0 Å². The van der Waals surface area contributed by atoms with E-state index in [-0.39, 0.29) is 18.1 Å². The number of halogens is 3. The summed E-state index contributed by atoms with van der Waals surface area (Å²) in [6, 6.07) is 11.5. The minimum Gasteiger partial charge on any atom is -0.497 e. The second-order valence-electron chi connectivity index (χ2n) is 6.16. The Morgan fingerprint density at radius 3 is 2.14 bits per heavy atom. The Labute approximate surface area is 161 Å². The van der Waals surface area contributed by atoms with E-state index in [0.717, 1.165) is 23.4 Å². The summed E-state index contributed by atoms with van der Waals surface area (Å²) in [6.45, 7) is 1.51. The molecule has 2 aromatic rings. The first-order valence-electron chi connectivity index (χ1n) is 8.54. The molecule has 5 nitrogen and oxygen atoms in total. The van der Waals surface area contributed by atoms with Crippen molar-refractivity contribution in [3.05, 3.63) is 59.7 Å². The highest BCUT2D eigenvalue weighted by atomic mass is 19.4. The quantitative estimate of drug-likeness (QED) is 0.778. The van der Waals surface area contributed by atoms with E-state index in [9.17, 15) is 22.8 Å². The Kier molecular flexibility index (Phi) is 7.03. The van der Waals surface area contributed by atoms with Gasteiger partial charge in [-0.2, -0.15) is 13.2 Å². The summed E-state index contributed by atoms with van der Waals surface area (Å²) >= 11 is 0. The van der Waals surface area contributed by atoms with Crippen molar-refractivity contribution in [1.82, 2.24) is 4.90 Å². The van der Waals surface area contributed by atoms with Crippen molar-refractivity contribution in [3.8, 4) is 5.75 Å². The molecule has 8 heteroatoms. The topological polar surface area (TPSA) is 58.6 Å². The molecule has 0 bridgehead atoms. The van der Waals surface area contributed by atoms with E-state index in [2.05, 4.69) is 5.32 Å². The second kappa shape index (κ2) is 9.25. The van der Waals surface area contributed by atoms with E-state index in [0.29, 0.717) is 13.0 Å². The molecule has 1 N–H and O–H groups in total. The van der Waals surface area contributed by atoms with Gasteiger partial charge in [-0.15, -0.1) is 0 Å². The van der Waals surface area contributed by atoms with E-state index in [1.807, 2.05) is 24.3 Å². The van der Waals surface area contributed by atoms with Crippen molar-refractivity contribution in [2.45, 2.75) is 19.5 Å². The molecule has 0 fully saturated rings. The average Bonchev–Trinajstić information content (AvgIpc) is 2.65. The summed E-state index contributed by atoms with van der Waals surface area (Å²) in [5.41, 5.74) is 0.419. The zero-order valence-electron chi connectivity index (χ0n) is 15.5. The summed E-state index contributed by atoms with van der Waals surface area (Å²) in [7, 11) is 1.57. The minimum atomic E-state index is -4.44. The highest BCUT2D eigenvalue weighted by molar-refractivity contribution is 5.94. The van der Waals surface area contributed by atoms with Crippen molar-refractivity contribution >= 4 is 17.5 Å². The molecule has 0 saturated heterocycles. The van der Waals surface area contributed by atoms with Gasteiger partial charge >= 0.3 is 6.18 Å². The molecular formula is C20H21F3N2O3. The molecule has 0 atom stereocenters. The fourth-order valence-corrected chi connectivity index (χ4v) is 2.52. The maximum Gasteiger partial charge on any atom is 0.416 e. The highest BCUT2D eigenvalue weighted by Gasteiger charge is 2.30. The molecule has 2 aromatic carbocycles. The smallest absolute Gasteiger partial charge is 0.416 e. The normalized spacial score (nSPS) is 11.0. The zero-order chi connectivity index (χ0) is 20.7. The fraction of sp³-hybridized carbons (Fsp3) is 0.300. The van der Waals surface area contributed by atoms with E-state index >= 15 is 0 Å². The molecule has 28 heavy (non-hydrogen) atoms. The van der Waals surface area contributed by atoms with Crippen molar-refractivity contribution in [2.24, 2.45) is 0 Å². The van der Waals surface area contributed by atoms with E-state index < -0.39 is 17.6 Å². The van der Waals surface area contributed by atoms with Crippen LogP contribution in [0, 0.1) is 0 Å². The predicted molar refractivity (Wildman–Crippen MR) is 99.0 cm³/mol.